The number of aliphatic hydroxyl groups is 1. The lowest BCUT2D eigenvalue weighted by Gasteiger charge is -2.04. The van der Waals surface area contributed by atoms with Crippen LogP contribution in [0.15, 0.2) is 0 Å². The molecule has 0 saturated heterocycles. The zero-order valence-corrected chi connectivity index (χ0v) is 10.5. The summed E-state index contributed by atoms with van der Waals surface area (Å²) < 4.78 is 0. The summed E-state index contributed by atoms with van der Waals surface area (Å²) in [5.41, 5.74) is 1.15. The van der Waals surface area contributed by atoms with Gasteiger partial charge in [0.15, 0.2) is 0 Å². The van der Waals surface area contributed by atoms with Gasteiger partial charge in [-0.1, -0.05) is 20.8 Å². The first kappa shape index (κ1) is 12.6. The average Bonchev–Trinajstić information content (AvgIpc) is 2.56. The number of hydrogen-bond acceptors (Lipinski definition) is 4. The minimum atomic E-state index is 0.0574. The first-order valence-corrected chi connectivity index (χ1v) is 6.28. The summed E-state index contributed by atoms with van der Waals surface area (Å²) >= 11 is 1.62. The quantitative estimate of drug-likeness (QED) is 0.782. The molecule has 3 nitrogen and oxygen atoms in total. The molecule has 2 N–H and O–H groups in total. The SMILES string of the molecule is CCNCc1sc(CO)nc1CC(C)C. The Balaban J connectivity index is 2.75. The Morgan fingerprint density at radius 2 is 2.20 bits per heavy atom. The molecule has 1 aromatic rings. The van der Waals surface area contributed by atoms with Crippen LogP contribution in [0.1, 0.15) is 36.3 Å². The lowest BCUT2D eigenvalue weighted by atomic mass is 10.1. The Labute approximate surface area is 95.6 Å². The molecule has 0 atom stereocenters. The van der Waals surface area contributed by atoms with Crippen LogP contribution in [0.4, 0.5) is 0 Å². The van der Waals surface area contributed by atoms with E-state index in [4.69, 9.17) is 5.11 Å². The predicted octanol–water partition coefficient (Wildman–Crippen LogP) is 1.94. The number of nitrogens with zero attached hydrogens (tertiary/aromatic N) is 1. The van der Waals surface area contributed by atoms with Crippen LogP contribution in [0.5, 0.6) is 0 Å². The van der Waals surface area contributed by atoms with E-state index in [9.17, 15) is 0 Å². The van der Waals surface area contributed by atoms with E-state index in [1.807, 2.05) is 0 Å². The number of aromatic nitrogens is 1. The van der Waals surface area contributed by atoms with Gasteiger partial charge in [0.05, 0.1) is 12.3 Å². The zero-order valence-electron chi connectivity index (χ0n) is 9.71. The molecule has 0 aliphatic rings. The smallest absolute Gasteiger partial charge is 0.119 e. The minimum Gasteiger partial charge on any atom is -0.389 e. The van der Waals surface area contributed by atoms with Gasteiger partial charge in [0.1, 0.15) is 5.01 Å². The number of hydrogen-bond donors (Lipinski definition) is 2. The minimum absolute atomic E-state index is 0.0574. The van der Waals surface area contributed by atoms with Crippen LogP contribution in [0, 0.1) is 5.92 Å². The lowest BCUT2D eigenvalue weighted by molar-refractivity contribution is 0.281. The van der Waals surface area contributed by atoms with Crippen molar-refractivity contribution in [2.24, 2.45) is 5.92 Å². The van der Waals surface area contributed by atoms with Crippen LogP contribution in [0.2, 0.25) is 0 Å². The fourth-order valence-electron chi connectivity index (χ4n) is 1.43. The third-order valence-corrected chi connectivity index (χ3v) is 3.18. The molecule has 0 aliphatic heterocycles. The van der Waals surface area contributed by atoms with Crippen molar-refractivity contribution in [3.05, 3.63) is 15.6 Å². The van der Waals surface area contributed by atoms with Gasteiger partial charge in [-0.05, 0) is 18.9 Å². The molecular weight excluding hydrogens is 208 g/mol. The van der Waals surface area contributed by atoms with Crippen LogP contribution < -0.4 is 5.32 Å². The summed E-state index contributed by atoms with van der Waals surface area (Å²) in [6, 6.07) is 0. The molecule has 0 unspecified atom stereocenters. The maximum atomic E-state index is 9.06. The molecule has 0 saturated carbocycles. The van der Waals surface area contributed by atoms with E-state index in [0.29, 0.717) is 5.92 Å². The van der Waals surface area contributed by atoms with Gasteiger partial charge in [-0.3, -0.25) is 0 Å². The van der Waals surface area contributed by atoms with Gasteiger partial charge in [0, 0.05) is 11.4 Å². The van der Waals surface area contributed by atoms with Crippen LogP contribution in [0.25, 0.3) is 0 Å². The predicted molar refractivity (Wildman–Crippen MR) is 64.0 cm³/mol. The lowest BCUT2D eigenvalue weighted by Crippen LogP contribution is -2.12. The molecule has 4 heteroatoms. The summed E-state index contributed by atoms with van der Waals surface area (Å²) in [7, 11) is 0. The fourth-order valence-corrected chi connectivity index (χ4v) is 2.35. The van der Waals surface area contributed by atoms with Crippen molar-refractivity contribution >= 4 is 11.3 Å². The number of nitrogens with one attached hydrogen (secondary N) is 1. The zero-order chi connectivity index (χ0) is 11.3. The standard InChI is InChI=1S/C11H20N2OS/c1-4-12-6-10-9(5-8(2)3)13-11(7-14)15-10/h8,12,14H,4-7H2,1-3H3. The van der Waals surface area contributed by atoms with E-state index in [2.05, 4.69) is 31.1 Å². The highest BCUT2D eigenvalue weighted by molar-refractivity contribution is 7.11. The highest BCUT2D eigenvalue weighted by Crippen LogP contribution is 2.21. The molecule has 86 valence electrons. The molecule has 0 fully saturated rings. The van der Waals surface area contributed by atoms with E-state index in [-0.39, 0.29) is 6.61 Å². The van der Waals surface area contributed by atoms with Gasteiger partial charge in [0.25, 0.3) is 0 Å². The van der Waals surface area contributed by atoms with Crippen molar-refractivity contribution in [1.82, 2.24) is 10.3 Å². The molecule has 0 spiro atoms. The Hall–Kier alpha value is -0.450. The second-order valence-corrected chi connectivity index (χ2v) is 5.18. The van der Waals surface area contributed by atoms with E-state index in [1.165, 1.54) is 4.88 Å². The maximum absolute atomic E-state index is 9.06. The highest BCUT2D eigenvalue weighted by atomic mass is 32.1. The van der Waals surface area contributed by atoms with Crippen molar-refractivity contribution in [2.75, 3.05) is 6.54 Å². The van der Waals surface area contributed by atoms with Crippen molar-refractivity contribution in [3.63, 3.8) is 0 Å². The Morgan fingerprint density at radius 3 is 2.73 bits per heavy atom. The van der Waals surface area contributed by atoms with Crippen LogP contribution in [0.3, 0.4) is 0 Å². The van der Waals surface area contributed by atoms with Gasteiger partial charge in [0.2, 0.25) is 0 Å². The first-order chi connectivity index (χ1) is 7.17. The molecule has 0 radical (unpaired) electrons. The second-order valence-electron chi connectivity index (χ2n) is 4.01. The molecule has 1 aromatic heterocycles. The summed E-state index contributed by atoms with van der Waals surface area (Å²) in [5, 5.41) is 13.2. The number of aliphatic hydroxyl groups excluding tert-OH is 1. The van der Waals surface area contributed by atoms with Crippen molar-refractivity contribution in [2.45, 2.75) is 40.3 Å². The maximum Gasteiger partial charge on any atom is 0.119 e. The third-order valence-electron chi connectivity index (χ3n) is 2.09. The molecule has 1 heterocycles. The monoisotopic (exact) mass is 228 g/mol. The number of thiazole rings is 1. The van der Waals surface area contributed by atoms with E-state index in [1.54, 1.807) is 11.3 Å². The van der Waals surface area contributed by atoms with Crippen molar-refractivity contribution in [3.8, 4) is 0 Å². The van der Waals surface area contributed by atoms with Gasteiger partial charge in [-0.2, -0.15) is 0 Å². The van der Waals surface area contributed by atoms with Gasteiger partial charge in [-0.25, -0.2) is 4.98 Å². The molecule has 0 aliphatic carbocycles. The fraction of sp³-hybridized carbons (Fsp3) is 0.727. The topological polar surface area (TPSA) is 45.1 Å². The van der Waals surface area contributed by atoms with Crippen LogP contribution in [-0.4, -0.2) is 16.6 Å². The van der Waals surface area contributed by atoms with Gasteiger partial charge < -0.3 is 10.4 Å². The van der Waals surface area contributed by atoms with E-state index < -0.39 is 0 Å². The summed E-state index contributed by atoms with van der Waals surface area (Å²) in [5.74, 6) is 0.610. The van der Waals surface area contributed by atoms with Gasteiger partial charge in [-0.15, -0.1) is 11.3 Å². The molecule has 0 aromatic carbocycles. The third kappa shape index (κ3) is 3.89. The molecular formula is C11H20N2OS. The Bertz CT molecular complexity index is 297. The van der Waals surface area contributed by atoms with Crippen LogP contribution in [-0.2, 0) is 19.6 Å². The normalized spacial score (nSPS) is 11.3. The Kier molecular flexibility index (Phi) is 5.22. The first-order valence-electron chi connectivity index (χ1n) is 5.46. The van der Waals surface area contributed by atoms with E-state index >= 15 is 0 Å². The van der Waals surface area contributed by atoms with Crippen LogP contribution >= 0.6 is 11.3 Å². The number of rotatable bonds is 6. The van der Waals surface area contributed by atoms with Gasteiger partial charge >= 0.3 is 0 Å². The summed E-state index contributed by atoms with van der Waals surface area (Å²) in [6.45, 7) is 8.37. The average molecular weight is 228 g/mol. The largest absolute Gasteiger partial charge is 0.389 e. The Morgan fingerprint density at radius 1 is 1.47 bits per heavy atom. The molecule has 1 rings (SSSR count). The van der Waals surface area contributed by atoms with Crippen molar-refractivity contribution in [1.29, 1.82) is 0 Å². The molecule has 0 bridgehead atoms. The highest BCUT2D eigenvalue weighted by Gasteiger charge is 2.11. The second kappa shape index (κ2) is 6.20. The van der Waals surface area contributed by atoms with E-state index in [0.717, 1.165) is 30.2 Å². The summed E-state index contributed by atoms with van der Waals surface area (Å²) in [4.78, 5) is 5.72. The molecule has 15 heavy (non-hydrogen) atoms. The molecule has 0 amide bonds. The summed E-state index contributed by atoms with van der Waals surface area (Å²) in [6.07, 6.45) is 0.997. The van der Waals surface area contributed by atoms with Crippen molar-refractivity contribution < 1.29 is 5.11 Å².